The standard InChI is InChI=1S/C14H23N3O2.ClH/c18-12-3-1-7-16(12)9-13(19)17-8-5-14(11-17)4-2-6-15-10-14;/h15H,1-11H2;1H. The van der Waals surface area contributed by atoms with Gasteiger partial charge in [-0.25, -0.2) is 0 Å². The molecule has 1 unspecified atom stereocenters. The Labute approximate surface area is 126 Å². The zero-order chi connectivity index (χ0) is 13.3. The largest absolute Gasteiger partial charge is 0.341 e. The van der Waals surface area contributed by atoms with Gasteiger partial charge < -0.3 is 15.1 Å². The highest BCUT2D eigenvalue weighted by Gasteiger charge is 2.41. The molecule has 1 atom stereocenters. The number of carbonyl (C=O) groups excluding carboxylic acids is 2. The van der Waals surface area contributed by atoms with Gasteiger partial charge >= 0.3 is 0 Å². The van der Waals surface area contributed by atoms with Crippen molar-refractivity contribution in [3.8, 4) is 0 Å². The third-order valence-electron chi connectivity index (χ3n) is 4.85. The number of amides is 2. The fourth-order valence-electron chi connectivity index (χ4n) is 3.66. The van der Waals surface area contributed by atoms with Crippen molar-refractivity contribution < 1.29 is 9.59 Å². The van der Waals surface area contributed by atoms with Crippen LogP contribution in [-0.4, -0.2) is 60.9 Å². The van der Waals surface area contributed by atoms with Crippen molar-refractivity contribution in [3.63, 3.8) is 0 Å². The molecule has 3 heterocycles. The zero-order valence-electron chi connectivity index (χ0n) is 11.9. The van der Waals surface area contributed by atoms with Crippen LogP contribution in [0.4, 0.5) is 0 Å². The molecule has 0 aromatic heterocycles. The first-order valence-corrected chi connectivity index (χ1v) is 7.45. The first kappa shape index (κ1) is 15.6. The lowest BCUT2D eigenvalue weighted by Crippen LogP contribution is -2.44. The van der Waals surface area contributed by atoms with Crippen molar-refractivity contribution in [2.75, 3.05) is 39.3 Å². The van der Waals surface area contributed by atoms with Crippen LogP contribution in [0.2, 0.25) is 0 Å². The summed E-state index contributed by atoms with van der Waals surface area (Å²) < 4.78 is 0. The zero-order valence-corrected chi connectivity index (χ0v) is 12.7. The van der Waals surface area contributed by atoms with Gasteiger partial charge in [0.25, 0.3) is 0 Å². The predicted molar refractivity (Wildman–Crippen MR) is 78.8 cm³/mol. The van der Waals surface area contributed by atoms with E-state index in [0.717, 1.165) is 45.6 Å². The number of nitrogens with zero attached hydrogens (tertiary/aromatic N) is 2. The molecule has 3 aliphatic heterocycles. The molecule has 114 valence electrons. The molecule has 5 nitrogen and oxygen atoms in total. The van der Waals surface area contributed by atoms with Crippen LogP contribution in [0.25, 0.3) is 0 Å². The molecule has 6 heteroatoms. The Morgan fingerprint density at radius 1 is 1.25 bits per heavy atom. The van der Waals surface area contributed by atoms with Crippen LogP contribution < -0.4 is 5.32 Å². The molecule has 3 rings (SSSR count). The molecule has 1 spiro atoms. The highest BCUT2D eigenvalue weighted by molar-refractivity contribution is 5.86. The van der Waals surface area contributed by atoms with E-state index in [-0.39, 0.29) is 24.2 Å². The molecule has 3 aliphatic rings. The van der Waals surface area contributed by atoms with Crippen LogP contribution >= 0.6 is 12.4 Å². The molecule has 3 fully saturated rings. The Kier molecular flexibility index (Phi) is 4.91. The maximum Gasteiger partial charge on any atom is 0.242 e. The lowest BCUT2D eigenvalue weighted by molar-refractivity contribution is -0.138. The van der Waals surface area contributed by atoms with E-state index >= 15 is 0 Å². The summed E-state index contributed by atoms with van der Waals surface area (Å²) in [5.74, 6) is 0.277. The summed E-state index contributed by atoms with van der Waals surface area (Å²) in [6, 6.07) is 0. The van der Waals surface area contributed by atoms with Crippen LogP contribution in [0.5, 0.6) is 0 Å². The Bertz CT molecular complexity index is 383. The van der Waals surface area contributed by atoms with Gasteiger partial charge in [0.15, 0.2) is 0 Å². The van der Waals surface area contributed by atoms with Gasteiger partial charge in [0, 0.05) is 38.0 Å². The molecular weight excluding hydrogens is 278 g/mol. The topological polar surface area (TPSA) is 52.7 Å². The second-order valence-electron chi connectivity index (χ2n) is 6.26. The van der Waals surface area contributed by atoms with Crippen LogP contribution in [0.1, 0.15) is 32.1 Å². The van der Waals surface area contributed by atoms with Gasteiger partial charge in [-0.05, 0) is 32.2 Å². The summed E-state index contributed by atoms with van der Waals surface area (Å²) >= 11 is 0. The van der Waals surface area contributed by atoms with Crippen LogP contribution in [0.15, 0.2) is 0 Å². The monoisotopic (exact) mass is 301 g/mol. The fraction of sp³-hybridized carbons (Fsp3) is 0.857. The van der Waals surface area contributed by atoms with E-state index in [1.54, 1.807) is 4.90 Å². The summed E-state index contributed by atoms with van der Waals surface area (Å²) in [5, 5.41) is 3.45. The number of rotatable bonds is 2. The predicted octanol–water partition coefficient (Wildman–Crippen LogP) is 0.633. The molecule has 20 heavy (non-hydrogen) atoms. The highest BCUT2D eigenvalue weighted by atomic mass is 35.5. The number of likely N-dealkylation sites (tertiary alicyclic amines) is 2. The Morgan fingerprint density at radius 3 is 2.75 bits per heavy atom. The van der Waals surface area contributed by atoms with E-state index < -0.39 is 0 Å². The minimum absolute atomic E-state index is 0. The molecule has 0 bridgehead atoms. The number of hydrogen-bond donors (Lipinski definition) is 1. The van der Waals surface area contributed by atoms with Crippen molar-refractivity contribution >= 4 is 24.2 Å². The van der Waals surface area contributed by atoms with Gasteiger partial charge in [-0.3, -0.25) is 9.59 Å². The van der Waals surface area contributed by atoms with Crippen molar-refractivity contribution in [1.82, 2.24) is 15.1 Å². The number of hydrogen-bond acceptors (Lipinski definition) is 3. The second-order valence-corrected chi connectivity index (χ2v) is 6.26. The average molecular weight is 302 g/mol. The van der Waals surface area contributed by atoms with Crippen LogP contribution in [0, 0.1) is 5.41 Å². The van der Waals surface area contributed by atoms with Gasteiger partial charge in [0.1, 0.15) is 0 Å². The van der Waals surface area contributed by atoms with Gasteiger partial charge in [-0.2, -0.15) is 0 Å². The molecule has 0 aliphatic carbocycles. The Balaban J connectivity index is 0.00000147. The van der Waals surface area contributed by atoms with Crippen LogP contribution in [0.3, 0.4) is 0 Å². The highest BCUT2D eigenvalue weighted by Crippen LogP contribution is 2.36. The van der Waals surface area contributed by atoms with Gasteiger partial charge in [0.05, 0.1) is 6.54 Å². The maximum atomic E-state index is 12.3. The van der Waals surface area contributed by atoms with E-state index in [1.165, 1.54) is 12.8 Å². The summed E-state index contributed by atoms with van der Waals surface area (Å²) in [4.78, 5) is 27.5. The number of nitrogens with one attached hydrogen (secondary N) is 1. The lowest BCUT2D eigenvalue weighted by Gasteiger charge is -2.34. The van der Waals surface area contributed by atoms with Crippen molar-refractivity contribution in [2.24, 2.45) is 5.41 Å². The minimum atomic E-state index is 0. The van der Waals surface area contributed by atoms with E-state index in [9.17, 15) is 9.59 Å². The molecule has 3 saturated heterocycles. The third kappa shape index (κ3) is 3.09. The van der Waals surface area contributed by atoms with Gasteiger partial charge in [-0.15, -0.1) is 12.4 Å². The summed E-state index contributed by atoms with van der Waals surface area (Å²) in [7, 11) is 0. The van der Waals surface area contributed by atoms with Gasteiger partial charge in [-0.1, -0.05) is 0 Å². The normalized spacial score (nSPS) is 29.9. The minimum Gasteiger partial charge on any atom is -0.341 e. The van der Waals surface area contributed by atoms with Crippen molar-refractivity contribution in [1.29, 1.82) is 0 Å². The van der Waals surface area contributed by atoms with E-state index in [0.29, 0.717) is 18.4 Å². The molecule has 2 amide bonds. The molecule has 0 radical (unpaired) electrons. The van der Waals surface area contributed by atoms with E-state index in [1.807, 2.05) is 4.90 Å². The number of piperidine rings is 1. The fourth-order valence-corrected chi connectivity index (χ4v) is 3.66. The molecule has 0 aromatic rings. The number of carbonyl (C=O) groups is 2. The summed E-state index contributed by atoms with van der Waals surface area (Å²) in [6.07, 6.45) is 5.07. The van der Waals surface area contributed by atoms with Crippen LogP contribution in [-0.2, 0) is 9.59 Å². The average Bonchev–Trinajstić information content (AvgIpc) is 2.99. The molecule has 1 N–H and O–H groups in total. The number of halogens is 1. The third-order valence-corrected chi connectivity index (χ3v) is 4.85. The maximum absolute atomic E-state index is 12.3. The lowest BCUT2D eigenvalue weighted by atomic mass is 9.80. The molecule has 0 saturated carbocycles. The van der Waals surface area contributed by atoms with Crippen molar-refractivity contribution in [3.05, 3.63) is 0 Å². The van der Waals surface area contributed by atoms with E-state index in [4.69, 9.17) is 0 Å². The summed E-state index contributed by atoms with van der Waals surface area (Å²) in [6.45, 7) is 4.94. The Hall–Kier alpha value is -0.810. The summed E-state index contributed by atoms with van der Waals surface area (Å²) in [5.41, 5.74) is 0.308. The van der Waals surface area contributed by atoms with E-state index in [2.05, 4.69) is 5.32 Å². The first-order valence-electron chi connectivity index (χ1n) is 7.45. The SMILES string of the molecule is Cl.O=C1CCCN1CC(=O)N1CCC2(CCCNC2)C1. The molecular formula is C14H24ClN3O2. The quantitative estimate of drug-likeness (QED) is 0.814. The smallest absolute Gasteiger partial charge is 0.242 e. The Morgan fingerprint density at radius 2 is 2.10 bits per heavy atom. The first-order chi connectivity index (χ1) is 9.19. The van der Waals surface area contributed by atoms with Crippen molar-refractivity contribution in [2.45, 2.75) is 32.1 Å². The molecule has 0 aromatic carbocycles. The second kappa shape index (κ2) is 6.31. The van der Waals surface area contributed by atoms with Gasteiger partial charge in [0.2, 0.25) is 11.8 Å².